The van der Waals surface area contributed by atoms with E-state index in [0.717, 1.165) is 6.92 Å². The van der Waals surface area contributed by atoms with Crippen molar-refractivity contribution in [2.75, 3.05) is 0 Å². The molecule has 0 aliphatic carbocycles. The Labute approximate surface area is 103 Å². The van der Waals surface area contributed by atoms with E-state index in [0.29, 0.717) is 0 Å². The van der Waals surface area contributed by atoms with Gasteiger partial charge in [0.25, 0.3) is 0 Å². The molecular formula is C13H9F3N2. The van der Waals surface area contributed by atoms with Crippen LogP contribution in [0.2, 0.25) is 0 Å². The van der Waals surface area contributed by atoms with Crippen molar-refractivity contribution in [2.45, 2.75) is 13.1 Å². The Kier molecular flexibility index (Phi) is 4.12. The van der Waals surface area contributed by atoms with E-state index < -0.39 is 17.7 Å². The molecule has 2 nitrogen and oxygen atoms in total. The minimum atomic E-state index is -4.50. The second-order valence-electron chi connectivity index (χ2n) is 3.64. The van der Waals surface area contributed by atoms with Crippen LogP contribution in [0, 0.1) is 28.6 Å². The van der Waals surface area contributed by atoms with Crippen molar-refractivity contribution in [2.24, 2.45) is 5.92 Å². The van der Waals surface area contributed by atoms with Crippen LogP contribution < -0.4 is 0 Å². The maximum absolute atomic E-state index is 12.8. The van der Waals surface area contributed by atoms with E-state index in [9.17, 15) is 13.2 Å². The topological polar surface area (TPSA) is 47.6 Å². The fourth-order valence-corrected chi connectivity index (χ4v) is 1.54. The second kappa shape index (κ2) is 5.37. The number of rotatable bonds is 2. The average molecular weight is 250 g/mol. The Bertz CT molecular complexity index is 514. The summed E-state index contributed by atoms with van der Waals surface area (Å²) in [5.41, 5.74) is -0.556. The predicted octanol–water partition coefficient (Wildman–Crippen LogP) is 3.69. The Hall–Kier alpha value is -2.27. The average Bonchev–Trinajstić information content (AvgIpc) is 2.35. The van der Waals surface area contributed by atoms with E-state index in [1.54, 1.807) is 18.2 Å². The highest BCUT2D eigenvalue weighted by Gasteiger charge is 2.40. The van der Waals surface area contributed by atoms with E-state index in [-0.39, 0.29) is 11.1 Å². The molecule has 0 N–H and O–H groups in total. The van der Waals surface area contributed by atoms with Gasteiger partial charge in [0.05, 0.1) is 5.92 Å². The first-order valence-electron chi connectivity index (χ1n) is 5.08. The first-order chi connectivity index (χ1) is 8.41. The van der Waals surface area contributed by atoms with Crippen molar-refractivity contribution in [3.63, 3.8) is 0 Å². The number of hydrogen-bond acceptors (Lipinski definition) is 2. The third kappa shape index (κ3) is 2.89. The number of hydrogen-bond donors (Lipinski definition) is 0. The highest BCUT2D eigenvalue weighted by atomic mass is 19.4. The Morgan fingerprint density at radius 3 is 2.00 bits per heavy atom. The number of alkyl halides is 3. The molecule has 92 valence electrons. The van der Waals surface area contributed by atoms with Gasteiger partial charge in [0.1, 0.15) is 17.7 Å². The van der Waals surface area contributed by atoms with Gasteiger partial charge in [0.2, 0.25) is 0 Å². The van der Waals surface area contributed by atoms with Crippen molar-refractivity contribution < 1.29 is 13.2 Å². The van der Waals surface area contributed by atoms with E-state index >= 15 is 0 Å². The molecule has 0 bridgehead atoms. The molecule has 0 aliphatic rings. The minimum absolute atomic E-state index is 0.237. The number of benzene rings is 1. The first kappa shape index (κ1) is 13.8. The van der Waals surface area contributed by atoms with Crippen molar-refractivity contribution >= 4 is 5.57 Å². The molecule has 0 saturated carbocycles. The zero-order chi connectivity index (χ0) is 13.8. The van der Waals surface area contributed by atoms with E-state index in [4.69, 9.17) is 10.5 Å². The van der Waals surface area contributed by atoms with Crippen LogP contribution in [0.1, 0.15) is 12.5 Å². The van der Waals surface area contributed by atoms with Gasteiger partial charge in [-0.25, -0.2) is 0 Å². The summed E-state index contributed by atoms with van der Waals surface area (Å²) >= 11 is 0. The van der Waals surface area contributed by atoms with Crippen LogP contribution in [0.3, 0.4) is 0 Å². The Balaban J connectivity index is 3.46. The lowest BCUT2D eigenvalue weighted by Gasteiger charge is -2.19. The fraction of sp³-hybridized carbons (Fsp3) is 0.231. The Morgan fingerprint density at radius 2 is 1.61 bits per heavy atom. The molecule has 0 fully saturated rings. The lowest BCUT2D eigenvalue weighted by atomic mass is 9.89. The lowest BCUT2D eigenvalue weighted by molar-refractivity contribution is -0.153. The van der Waals surface area contributed by atoms with Crippen LogP contribution in [0.5, 0.6) is 0 Å². The molecule has 5 heteroatoms. The maximum Gasteiger partial charge on any atom is 0.395 e. The number of allylic oxidation sites excluding steroid dienone is 2. The zero-order valence-corrected chi connectivity index (χ0v) is 9.49. The predicted molar refractivity (Wildman–Crippen MR) is 59.8 cm³/mol. The molecule has 0 heterocycles. The standard InChI is InChI=1S/C13H9F3N2/c1-9(13(14,15)16)12(11(7-17)8-18)10-5-3-2-4-6-10/h2-6,9H,1H3. The van der Waals surface area contributed by atoms with E-state index in [1.807, 2.05) is 0 Å². The summed E-state index contributed by atoms with van der Waals surface area (Å²) < 4.78 is 38.3. The van der Waals surface area contributed by atoms with Crippen LogP contribution in [0.15, 0.2) is 35.9 Å². The third-order valence-corrected chi connectivity index (χ3v) is 2.50. The van der Waals surface area contributed by atoms with Crippen molar-refractivity contribution in [3.8, 4) is 12.1 Å². The van der Waals surface area contributed by atoms with Gasteiger partial charge in [0, 0.05) is 0 Å². The molecule has 0 aliphatic heterocycles. The third-order valence-electron chi connectivity index (χ3n) is 2.50. The van der Waals surface area contributed by atoms with Crippen molar-refractivity contribution in [1.29, 1.82) is 10.5 Å². The monoisotopic (exact) mass is 250 g/mol. The normalized spacial score (nSPS) is 12.1. The van der Waals surface area contributed by atoms with E-state index in [1.165, 1.54) is 24.3 Å². The van der Waals surface area contributed by atoms with Crippen LogP contribution in [-0.4, -0.2) is 6.18 Å². The van der Waals surface area contributed by atoms with Crippen LogP contribution >= 0.6 is 0 Å². The smallest absolute Gasteiger partial charge is 0.192 e. The van der Waals surface area contributed by atoms with Gasteiger partial charge in [-0.15, -0.1) is 0 Å². The molecule has 1 atom stereocenters. The second-order valence-corrected chi connectivity index (χ2v) is 3.64. The quantitative estimate of drug-likeness (QED) is 0.751. The SMILES string of the molecule is CC(C(=C(C#N)C#N)c1ccccc1)C(F)(F)F. The summed E-state index contributed by atoms with van der Waals surface area (Å²) in [6.07, 6.45) is -4.50. The summed E-state index contributed by atoms with van der Waals surface area (Å²) in [5, 5.41) is 17.5. The highest BCUT2D eigenvalue weighted by Crippen LogP contribution is 2.38. The van der Waals surface area contributed by atoms with Crippen LogP contribution in [-0.2, 0) is 0 Å². The molecule has 18 heavy (non-hydrogen) atoms. The number of nitriles is 2. The maximum atomic E-state index is 12.8. The zero-order valence-electron chi connectivity index (χ0n) is 9.49. The van der Waals surface area contributed by atoms with Crippen molar-refractivity contribution in [1.82, 2.24) is 0 Å². The largest absolute Gasteiger partial charge is 0.395 e. The molecular weight excluding hydrogens is 241 g/mol. The highest BCUT2D eigenvalue weighted by molar-refractivity contribution is 5.76. The summed E-state index contributed by atoms with van der Waals surface area (Å²) in [7, 11) is 0. The number of halogens is 3. The van der Waals surface area contributed by atoms with Gasteiger partial charge in [-0.3, -0.25) is 0 Å². The van der Waals surface area contributed by atoms with Crippen molar-refractivity contribution in [3.05, 3.63) is 41.5 Å². The summed E-state index contributed by atoms with van der Waals surface area (Å²) in [5.74, 6) is -1.87. The summed E-state index contributed by atoms with van der Waals surface area (Å²) in [6.45, 7) is 0.941. The fourth-order valence-electron chi connectivity index (χ4n) is 1.54. The van der Waals surface area contributed by atoms with Crippen LogP contribution in [0.25, 0.3) is 5.57 Å². The van der Waals surface area contributed by atoms with Gasteiger partial charge in [0.15, 0.2) is 0 Å². The molecule has 0 amide bonds. The van der Waals surface area contributed by atoms with Gasteiger partial charge < -0.3 is 0 Å². The van der Waals surface area contributed by atoms with Gasteiger partial charge in [-0.1, -0.05) is 30.3 Å². The Morgan fingerprint density at radius 1 is 1.11 bits per heavy atom. The molecule has 0 spiro atoms. The minimum Gasteiger partial charge on any atom is -0.192 e. The molecule has 1 aromatic carbocycles. The lowest BCUT2D eigenvalue weighted by Crippen LogP contribution is -2.22. The molecule has 0 radical (unpaired) electrons. The molecule has 0 aromatic heterocycles. The van der Waals surface area contributed by atoms with Gasteiger partial charge in [-0.05, 0) is 18.1 Å². The molecule has 1 unspecified atom stereocenters. The first-order valence-corrected chi connectivity index (χ1v) is 5.08. The summed E-state index contributed by atoms with van der Waals surface area (Å²) in [6, 6.07) is 10.7. The molecule has 0 saturated heterocycles. The van der Waals surface area contributed by atoms with E-state index in [2.05, 4.69) is 0 Å². The summed E-state index contributed by atoms with van der Waals surface area (Å²) in [4.78, 5) is 0. The van der Waals surface area contributed by atoms with Gasteiger partial charge >= 0.3 is 6.18 Å². The van der Waals surface area contributed by atoms with Crippen LogP contribution in [0.4, 0.5) is 13.2 Å². The molecule has 1 rings (SSSR count). The molecule has 1 aromatic rings. The number of nitrogens with zero attached hydrogens (tertiary/aromatic N) is 2. The van der Waals surface area contributed by atoms with Gasteiger partial charge in [-0.2, -0.15) is 23.7 Å².